The van der Waals surface area contributed by atoms with E-state index in [0.29, 0.717) is 0 Å². The molecule has 3 nitrogen and oxygen atoms in total. The molecule has 1 aromatic rings. The SMILES string of the molecule is CC1(c2nc(=S)c3c([nH]2)CSC3)CCCO1. The number of fused-ring (bicyclic) bond motifs is 1. The van der Waals surface area contributed by atoms with Gasteiger partial charge >= 0.3 is 0 Å². The van der Waals surface area contributed by atoms with Crippen LogP contribution >= 0.6 is 24.0 Å². The van der Waals surface area contributed by atoms with E-state index in [-0.39, 0.29) is 5.60 Å². The van der Waals surface area contributed by atoms with E-state index >= 15 is 0 Å². The Labute approximate surface area is 104 Å². The van der Waals surface area contributed by atoms with Crippen LogP contribution in [0.25, 0.3) is 0 Å². The Morgan fingerprint density at radius 1 is 1.50 bits per heavy atom. The normalized spacial score (nSPS) is 28.3. The Kier molecular flexibility index (Phi) is 2.57. The number of aromatic amines is 1. The van der Waals surface area contributed by atoms with Crippen LogP contribution in [-0.2, 0) is 21.8 Å². The van der Waals surface area contributed by atoms with Gasteiger partial charge < -0.3 is 9.72 Å². The van der Waals surface area contributed by atoms with Crippen LogP contribution in [0.4, 0.5) is 0 Å². The Morgan fingerprint density at radius 3 is 3.12 bits per heavy atom. The van der Waals surface area contributed by atoms with Gasteiger partial charge in [0, 0.05) is 29.4 Å². The number of thioether (sulfide) groups is 1. The Balaban J connectivity index is 2.09. The van der Waals surface area contributed by atoms with Gasteiger partial charge in [-0.2, -0.15) is 11.8 Å². The zero-order valence-electron chi connectivity index (χ0n) is 9.21. The van der Waals surface area contributed by atoms with Crippen molar-refractivity contribution in [3.63, 3.8) is 0 Å². The summed E-state index contributed by atoms with van der Waals surface area (Å²) in [5.74, 6) is 2.93. The lowest BCUT2D eigenvalue weighted by molar-refractivity contribution is 0.00908. The molecule has 0 amide bonds. The third kappa shape index (κ3) is 1.61. The summed E-state index contributed by atoms with van der Waals surface area (Å²) < 4.78 is 6.55. The first-order valence-electron chi connectivity index (χ1n) is 5.53. The highest BCUT2D eigenvalue weighted by Crippen LogP contribution is 2.36. The van der Waals surface area contributed by atoms with Gasteiger partial charge in [0.1, 0.15) is 16.1 Å². The number of H-pyrrole nitrogens is 1. The molecule has 2 aliphatic rings. The number of hydrogen-bond donors (Lipinski definition) is 1. The maximum absolute atomic E-state index is 5.79. The predicted octanol–water partition coefficient (Wildman–Crippen LogP) is 2.91. The second-order valence-corrected chi connectivity index (χ2v) is 5.90. The van der Waals surface area contributed by atoms with Gasteiger partial charge in [-0.3, -0.25) is 0 Å². The molecule has 5 heteroatoms. The van der Waals surface area contributed by atoms with Crippen LogP contribution in [0.5, 0.6) is 0 Å². The second-order valence-electron chi connectivity index (χ2n) is 4.52. The van der Waals surface area contributed by atoms with Crippen molar-refractivity contribution < 1.29 is 4.74 Å². The van der Waals surface area contributed by atoms with Crippen molar-refractivity contribution in [1.82, 2.24) is 9.97 Å². The Morgan fingerprint density at radius 2 is 2.38 bits per heavy atom. The van der Waals surface area contributed by atoms with Gasteiger partial charge in [-0.1, -0.05) is 12.2 Å². The molecule has 2 aliphatic heterocycles. The fourth-order valence-electron chi connectivity index (χ4n) is 2.29. The minimum absolute atomic E-state index is 0.254. The smallest absolute Gasteiger partial charge is 0.140 e. The van der Waals surface area contributed by atoms with E-state index < -0.39 is 0 Å². The van der Waals surface area contributed by atoms with Gasteiger partial charge in [-0.25, -0.2) is 4.98 Å². The van der Waals surface area contributed by atoms with Gasteiger partial charge in [0.15, 0.2) is 0 Å². The molecule has 3 heterocycles. The van der Waals surface area contributed by atoms with Crippen molar-refractivity contribution in [3.8, 4) is 0 Å². The first kappa shape index (κ1) is 10.7. The first-order valence-corrected chi connectivity index (χ1v) is 7.10. The monoisotopic (exact) mass is 254 g/mol. The molecule has 0 aliphatic carbocycles. The summed E-state index contributed by atoms with van der Waals surface area (Å²) >= 11 is 7.24. The fraction of sp³-hybridized carbons (Fsp3) is 0.636. The maximum atomic E-state index is 5.79. The van der Waals surface area contributed by atoms with Gasteiger partial charge in [0.2, 0.25) is 0 Å². The highest BCUT2D eigenvalue weighted by molar-refractivity contribution is 7.98. The number of nitrogens with zero attached hydrogens (tertiary/aromatic N) is 1. The molecule has 0 bridgehead atoms. The molecule has 1 unspecified atom stereocenters. The van der Waals surface area contributed by atoms with Crippen molar-refractivity contribution in [2.45, 2.75) is 36.9 Å². The molecular weight excluding hydrogens is 240 g/mol. The fourth-order valence-corrected chi connectivity index (χ4v) is 3.73. The van der Waals surface area contributed by atoms with Crippen LogP contribution < -0.4 is 0 Å². The average molecular weight is 254 g/mol. The summed E-state index contributed by atoms with van der Waals surface area (Å²) in [6.07, 6.45) is 2.13. The zero-order chi connectivity index (χ0) is 11.2. The van der Waals surface area contributed by atoms with Crippen molar-refractivity contribution in [3.05, 3.63) is 21.7 Å². The third-order valence-corrected chi connectivity index (χ3v) is 4.64. The summed E-state index contributed by atoms with van der Waals surface area (Å²) in [4.78, 5) is 7.94. The molecule has 0 aromatic carbocycles. The molecule has 16 heavy (non-hydrogen) atoms. The van der Waals surface area contributed by atoms with E-state index in [1.807, 2.05) is 11.8 Å². The molecule has 1 N–H and O–H groups in total. The van der Waals surface area contributed by atoms with E-state index in [4.69, 9.17) is 17.0 Å². The molecule has 1 fully saturated rings. The highest BCUT2D eigenvalue weighted by atomic mass is 32.2. The first-order chi connectivity index (χ1) is 7.69. The Hall–Kier alpha value is -0.390. The van der Waals surface area contributed by atoms with E-state index in [1.165, 1.54) is 11.3 Å². The maximum Gasteiger partial charge on any atom is 0.140 e. The molecule has 0 saturated carbocycles. The predicted molar refractivity (Wildman–Crippen MR) is 67.0 cm³/mol. The number of nitrogens with one attached hydrogen (secondary N) is 1. The largest absolute Gasteiger partial charge is 0.367 e. The van der Waals surface area contributed by atoms with E-state index in [9.17, 15) is 0 Å². The molecule has 0 spiro atoms. The number of rotatable bonds is 1. The molecular formula is C11H14N2OS2. The van der Waals surface area contributed by atoms with Gasteiger partial charge in [-0.05, 0) is 19.8 Å². The third-order valence-electron chi connectivity index (χ3n) is 3.32. The van der Waals surface area contributed by atoms with E-state index in [1.54, 1.807) is 0 Å². The molecule has 1 atom stereocenters. The molecule has 0 radical (unpaired) electrons. The summed E-state index contributed by atoms with van der Waals surface area (Å²) in [7, 11) is 0. The topological polar surface area (TPSA) is 37.9 Å². The second kappa shape index (κ2) is 3.82. The van der Waals surface area contributed by atoms with E-state index in [0.717, 1.165) is 41.4 Å². The van der Waals surface area contributed by atoms with Crippen LogP contribution in [0, 0.1) is 4.64 Å². The standard InChI is InChI=1S/C11H14N2OS2/c1-11(3-2-4-14-11)10-12-8-6-16-5-7(8)9(15)13-10/h2-6H2,1H3,(H,12,13,15). The Bertz CT molecular complexity index is 477. The van der Waals surface area contributed by atoms with Crippen LogP contribution in [0.3, 0.4) is 0 Å². The molecule has 1 aromatic heterocycles. The number of ether oxygens (including phenoxy) is 1. The lowest BCUT2D eigenvalue weighted by Gasteiger charge is -2.22. The minimum Gasteiger partial charge on any atom is -0.367 e. The van der Waals surface area contributed by atoms with Crippen LogP contribution in [0.2, 0.25) is 0 Å². The van der Waals surface area contributed by atoms with Crippen molar-refractivity contribution in [1.29, 1.82) is 0 Å². The summed E-state index contributed by atoms with van der Waals surface area (Å²) in [5, 5.41) is 0. The summed E-state index contributed by atoms with van der Waals surface area (Å²) in [6.45, 7) is 2.92. The molecule has 86 valence electrons. The van der Waals surface area contributed by atoms with Crippen LogP contribution in [0.1, 0.15) is 36.8 Å². The minimum atomic E-state index is -0.254. The van der Waals surface area contributed by atoms with Crippen molar-refractivity contribution >= 4 is 24.0 Å². The lowest BCUT2D eigenvalue weighted by Crippen LogP contribution is -2.24. The van der Waals surface area contributed by atoms with Crippen LogP contribution in [-0.4, -0.2) is 16.6 Å². The zero-order valence-corrected chi connectivity index (χ0v) is 10.8. The number of aromatic nitrogens is 2. The summed E-state index contributed by atoms with van der Waals surface area (Å²) in [6, 6.07) is 0. The molecule has 1 saturated heterocycles. The van der Waals surface area contributed by atoms with Gasteiger partial charge in [-0.15, -0.1) is 0 Å². The lowest BCUT2D eigenvalue weighted by atomic mass is 10.0. The summed E-state index contributed by atoms with van der Waals surface area (Å²) in [5.41, 5.74) is 2.21. The van der Waals surface area contributed by atoms with Gasteiger partial charge in [0.25, 0.3) is 0 Å². The van der Waals surface area contributed by atoms with Crippen molar-refractivity contribution in [2.24, 2.45) is 0 Å². The number of hydrogen-bond acceptors (Lipinski definition) is 4. The average Bonchev–Trinajstić information content (AvgIpc) is 2.86. The highest BCUT2D eigenvalue weighted by Gasteiger charge is 2.35. The van der Waals surface area contributed by atoms with Crippen LogP contribution in [0.15, 0.2) is 0 Å². The van der Waals surface area contributed by atoms with E-state index in [2.05, 4.69) is 16.9 Å². The van der Waals surface area contributed by atoms with Gasteiger partial charge in [0.05, 0.1) is 0 Å². The quantitative estimate of drug-likeness (QED) is 0.782. The van der Waals surface area contributed by atoms with Crippen molar-refractivity contribution in [2.75, 3.05) is 6.61 Å². The molecule has 3 rings (SSSR count).